The fraction of sp³-hybridized carbons (Fsp3) is 0.214. The molecular formula is C14H13BrN4. The molecule has 0 radical (unpaired) electrons. The van der Waals surface area contributed by atoms with Crippen LogP contribution in [0.3, 0.4) is 0 Å². The number of nitriles is 1. The maximum Gasteiger partial charge on any atom is 0.133 e. The van der Waals surface area contributed by atoms with E-state index in [9.17, 15) is 0 Å². The van der Waals surface area contributed by atoms with E-state index < -0.39 is 0 Å². The standard InChI is InChI=1S/C14H13BrN4/c1-10-17-13(15)7-14(18-10)19(2)9-12-5-3-4-11(6-12)8-16/h3-7H,9H2,1-2H3. The van der Waals surface area contributed by atoms with Gasteiger partial charge in [0.2, 0.25) is 0 Å². The minimum atomic E-state index is 0.672. The summed E-state index contributed by atoms with van der Waals surface area (Å²) in [5, 5.41) is 8.90. The molecule has 1 heterocycles. The van der Waals surface area contributed by atoms with Crippen molar-refractivity contribution in [1.29, 1.82) is 5.26 Å². The van der Waals surface area contributed by atoms with E-state index in [0.29, 0.717) is 12.1 Å². The van der Waals surface area contributed by atoms with Crippen LogP contribution in [0.15, 0.2) is 34.9 Å². The van der Waals surface area contributed by atoms with Crippen LogP contribution in [0.1, 0.15) is 17.0 Å². The van der Waals surface area contributed by atoms with Crippen LogP contribution in [-0.4, -0.2) is 17.0 Å². The van der Waals surface area contributed by atoms with E-state index in [-0.39, 0.29) is 0 Å². The average Bonchev–Trinajstić information content (AvgIpc) is 2.37. The van der Waals surface area contributed by atoms with E-state index in [0.717, 1.165) is 21.8 Å². The molecule has 19 heavy (non-hydrogen) atoms. The van der Waals surface area contributed by atoms with E-state index >= 15 is 0 Å². The SMILES string of the molecule is Cc1nc(Br)cc(N(C)Cc2cccc(C#N)c2)n1. The summed E-state index contributed by atoms with van der Waals surface area (Å²) in [7, 11) is 1.97. The summed E-state index contributed by atoms with van der Waals surface area (Å²) in [6, 6.07) is 11.6. The molecule has 2 aromatic rings. The topological polar surface area (TPSA) is 52.8 Å². The second-order valence-electron chi connectivity index (χ2n) is 4.26. The summed E-state index contributed by atoms with van der Waals surface area (Å²) < 4.78 is 0.771. The van der Waals surface area contributed by atoms with E-state index in [4.69, 9.17) is 5.26 Å². The van der Waals surface area contributed by atoms with Crippen LogP contribution in [0.2, 0.25) is 0 Å². The highest BCUT2D eigenvalue weighted by atomic mass is 79.9. The predicted molar refractivity (Wildman–Crippen MR) is 77.7 cm³/mol. The lowest BCUT2D eigenvalue weighted by atomic mass is 10.1. The molecule has 0 aliphatic rings. The van der Waals surface area contributed by atoms with E-state index in [1.165, 1.54) is 0 Å². The Morgan fingerprint density at radius 1 is 1.32 bits per heavy atom. The van der Waals surface area contributed by atoms with Crippen molar-refractivity contribution in [2.75, 3.05) is 11.9 Å². The Kier molecular flexibility index (Phi) is 4.13. The summed E-state index contributed by atoms with van der Waals surface area (Å²) in [5.41, 5.74) is 1.75. The van der Waals surface area contributed by atoms with Crippen molar-refractivity contribution in [1.82, 2.24) is 9.97 Å². The zero-order chi connectivity index (χ0) is 13.8. The fourth-order valence-corrected chi connectivity index (χ4v) is 2.27. The highest BCUT2D eigenvalue weighted by molar-refractivity contribution is 9.10. The molecule has 0 atom stereocenters. The van der Waals surface area contributed by atoms with Gasteiger partial charge in [-0.05, 0) is 40.5 Å². The molecule has 0 aliphatic carbocycles. The molecule has 0 unspecified atom stereocenters. The van der Waals surface area contributed by atoms with E-state index in [2.05, 4.69) is 32.0 Å². The van der Waals surface area contributed by atoms with Crippen molar-refractivity contribution in [3.63, 3.8) is 0 Å². The maximum absolute atomic E-state index is 8.90. The lowest BCUT2D eigenvalue weighted by Gasteiger charge is -2.18. The van der Waals surface area contributed by atoms with Crippen molar-refractivity contribution in [2.45, 2.75) is 13.5 Å². The third kappa shape index (κ3) is 3.52. The van der Waals surface area contributed by atoms with Crippen LogP contribution >= 0.6 is 15.9 Å². The average molecular weight is 317 g/mol. The second-order valence-corrected chi connectivity index (χ2v) is 5.08. The Hall–Kier alpha value is -1.93. The monoisotopic (exact) mass is 316 g/mol. The Labute approximate surface area is 120 Å². The van der Waals surface area contributed by atoms with Gasteiger partial charge in [0.1, 0.15) is 16.2 Å². The van der Waals surface area contributed by atoms with Crippen LogP contribution in [-0.2, 0) is 6.54 Å². The first kappa shape index (κ1) is 13.5. The van der Waals surface area contributed by atoms with Gasteiger partial charge in [0, 0.05) is 19.7 Å². The predicted octanol–water partition coefficient (Wildman–Crippen LogP) is 3.06. The normalized spacial score (nSPS) is 10.0. The first-order valence-electron chi connectivity index (χ1n) is 5.80. The summed E-state index contributed by atoms with van der Waals surface area (Å²) in [6.45, 7) is 2.55. The van der Waals surface area contributed by atoms with E-state index in [1.807, 2.05) is 43.1 Å². The Bertz CT molecular complexity index is 613. The quantitative estimate of drug-likeness (QED) is 0.817. The molecule has 0 saturated heterocycles. The Morgan fingerprint density at radius 2 is 2.11 bits per heavy atom. The molecule has 2 rings (SSSR count). The lowest BCUT2D eigenvalue weighted by Crippen LogP contribution is -2.18. The number of hydrogen-bond donors (Lipinski definition) is 0. The summed E-state index contributed by atoms with van der Waals surface area (Å²) in [5.74, 6) is 1.57. The van der Waals surface area contributed by atoms with Crippen molar-refractivity contribution in [3.05, 3.63) is 51.9 Å². The van der Waals surface area contributed by atoms with Crippen molar-refractivity contribution in [3.8, 4) is 6.07 Å². The number of benzene rings is 1. The molecule has 0 spiro atoms. The molecular weight excluding hydrogens is 304 g/mol. The van der Waals surface area contributed by atoms with Crippen molar-refractivity contribution in [2.24, 2.45) is 0 Å². The maximum atomic E-state index is 8.90. The smallest absolute Gasteiger partial charge is 0.133 e. The molecule has 4 nitrogen and oxygen atoms in total. The van der Waals surface area contributed by atoms with Gasteiger partial charge in [-0.15, -0.1) is 0 Å². The first-order valence-corrected chi connectivity index (χ1v) is 6.59. The van der Waals surface area contributed by atoms with Crippen LogP contribution in [0, 0.1) is 18.3 Å². The molecule has 0 N–H and O–H groups in total. The number of rotatable bonds is 3. The Morgan fingerprint density at radius 3 is 2.79 bits per heavy atom. The van der Waals surface area contributed by atoms with Gasteiger partial charge in [0.05, 0.1) is 11.6 Å². The second kappa shape index (κ2) is 5.81. The Balaban J connectivity index is 2.20. The van der Waals surface area contributed by atoms with Crippen molar-refractivity contribution < 1.29 is 0 Å². The number of halogens is 1. The molecule has 5 heteroatoms. The van der Waals surface area contributed by atoms with Crippen LogP contribution < -0.4 is 4.90 Å². The number of aryl methyl sites for hydroxylation is 1. The number of hydrogen-bond acceptors (Lipinski definition) is 4. The minimum absolute atomic E-state index is 0.672. The lowest BCUT2D eigenvalue weighted by molar-refractivity contribution is 0.875. The van der Waals surface area contributed by atoms with Gasteiger partial charge in [-0.3, -0.25) is 0 Å². The molecule has 0 amide bonds. The fourth-order valence-electron chi connectivity index (χ4n) is 1.81. The van der Waals surface area contributed by atoms with Gasteiger partial charge in [-0.25, -0.2) is 9.97 Å². The van der Waals surface area contributed by atoms with Crippen LogP contribution in [0.5, 0.6) is 0 Å². The highest BCUT2D eigenvalue weighted by Crippen LogP contribution is 2.17. The molecule has 0 aliphatic heterocycles. The molecule has 96 valence electrons. The summed E-state index contributed by atoms with van der Waals surface area (Å²) in [4.78, 5) is 10.6. The highest BCUT2D eigenvalue weighted by Gasteiger charge is 2.06. The van der Waals surface area contributed by atoms with Gasteiger partial charge in [0.15, 0.2) is 0 Å². The third-order valence-corrected chi connectivity index (χ3v) is 3.07. The zero-order valence-electron chi connectivity index (χ0n) is 10.8. The molecule has 0 fully saturated rings. The third-order valence-electron chi connectivity index (χ3n) is 2.66. The van der Waals surface area contributed by atoms with Gasteiger partial charge < -0.3 is 4.90 Å². The molecule has 1 aromatic heterocycles. The zero-order valence-corrected chi connectivity index (χ0v) is 12.3. The van der Waals surface area contributed by atoms with Gasteiger partial charge in [-0.1, -0.05) is 12.1 Å². The number of anilines is 1. The number of aromatic nitrogens is 2. The van der Waals surface area contributed by atoms with Gasteiger partial charge in [-0.2, -0.15) is 5.26 Å². The molecule has 0 saturated carbocycles. The van der Waals surface area contributed by atoms with E-state index in [1.54, 1.807) is 6.07 Å². The van der Waals surface area contributed by atoms with Crippen LogP contribution in [0.25, 0.3) is 0 Å². The van der Waals surface area contributed by atoms with Gasteiger partial charge >= 0.3 is 0 Å². The first-order chi connectivity index (χ1) is 9.08. The molecule has 0 bridgehead atoms. The van der Waals surface area contributed by atoms with Crippen LogP contribution in [0.4, 0.5) is 5.82 Å². The summed E-state index contributed by atoms with van der Waals surface area (Å²) >= 11 is 3.37. The minimum Gasteiger partial charge on any atom is -0.355 e. The largest absolute Gasteiger partial charge is 0.355 e. The van der Waals surface area contributed by atoms with Crippen molar-refractivity contribution >= 4 is 21.7 Å². The molecule has 1 aromatic carbocycles. The summed E-state index contributed by atoms with van der Waals surface area (Å²) in [6.07, 6.45) is 0. The number of nitrogens with zero attached hydrogens (tertiary/aromatic N) is 4. The van der Waals surface area contributed by atoms with Gasteiger partial charge in [0.25, 0.3) is 0 Å².